The zero-order chi connectivity index (χ0) is 8.88. The number of nitrogens with zero attached hydrogens (tertiary/aromatic N) is 2. The van der Waals surface area contributed by atoms with Crippen molar-refractivity contribution in [2.24, 2.45) is 14.1 Å². The van der Waals surface area contributed by atoms with E-state index in [4.69, 9.17) is 0 Å². The predicted octanol–water partition coefficient (Wildman–Crippen LogP) is 0.514. The molecule has 0 radical (unpaired) electrons. The fraction of sp³-hybridized carbons (Fsp3) is 0.375. The van der Waals surface area contributed by atoms with Crippen molar-refractivity contribution < 1.29 is 0 Å². The molecule has 2 rings (SSSR count). The Bertz CT molecular complexity index is 486. The molecule has 0 atom stereocenters. The molecular weight excluding hydrogens is 154 g/mol. The number of hydrogen-bond acceptors (Lipinski definition) is 1. The quantitative estimate of drug-likeness (QED) is 0.607. The first-order valence-electron chi connectivity index (χ1n) is 3.82. The molecule has 2 aromatic rings. The lowest BCUT2D eigenvalue weighted by molar-refractivity contribution is 0.595. The fourth-order valence-corrected chi connectivity index (χ4v) is 1.45. The van der Waals surface area contributed by atoms with E-state index in [1.807, 2.05) is 24.7 Å². The van der Waals surface area contributed by atoms with Crippen LogP contribution in [0.15, 0.2) is 10.9 Å². The predicted molar refractivity (Wildman–Crippen MR) is 47.2 cm³/mol. The molecule has 2 aromatic heterocycles. The first-order valence-corrected chi connectivity index (χ1v) is 3.82. The fourth-order valence-electron chi connectivity index (χ4n) is 1.45. The molecule has 0 saturated heterocycles. The zero-order valence-corrected chi connectivity index (χ0v) is 7.38. The van der Waals surface area contributed by atoms with Gasteiger partial charge in [0.2, 0.25) is 0 Å². The van der Waals surface area contributed by atoms with Gasteiger partial charge in [0.1, 0.15) is 5.52 Å². The van der Waals surface area contributed by atoms with E-state index in [0.717, 1.165) is 11.2 Å². The number of aromatic amines is 1. The minimum absolute atomic E-state index is 0.0283. The largest absolute Gasteiger partial charge is 0.353 e. The van der Waals surface area contributed by atoms with Gasteiger partial charge in [0.15, 0.2) is 0 Å². The third kappa shape index (κ3) is 0.691. The summed E-state index contributed by atoms with van der Waals surface area (Å²) in [5, 5.41) is 0. The van der Waals surface area contributed by atoms with Gasteiger partial charge in [-0.1, -0.05) is 0 Å². The highest BCUT2D eigenvalue weighted by Gasteiger charge is 2.08. The van der Waals surface area contributed by atoms with Crippen LogP contribution in [-0.4, -0.2) is 14.3 Å². The monoisotopic (exact) mass is 165 g/mol. The zero-order valence-electron chi connectivity index (χ0n) is 7.38. The summed E-state index contributed by atoms with van der Waals surface area (Å²) in [5.74, 6) is 0. The minimum Gasteiger partial charge on any atom is -0.353 e. The SMILES string of the molecule is Cc1cc2c([nH]1)c(=O)n(C)n2C. The molecule has 0 saturated carbocycles. The van der Waals surface area contributed by atoms with Gasteiger partial charge < -0.3 is 4.98 Å². The minimum atomic E-state index is 0.0283. The molecule has 0 aliphatic rings. The summed E-state index contributed by atoms with van der Waals surface area (Å²) in [6.45, 7) is 1.94. The Morgan fingerprint density at radius 3 is 2.58 bits per heavy atom. The second-order valence-corrected chi connectivity index (χ2v) is 3.06. The first kappa shape index (κ1) is 7.21. The standard InChI is InChI=1S/C8H11N3O/c1-5-4-6-7(9-5)8(12)11(3)10(6)2/h4,9H,1-3H3. The van der Waals surface area contributed by atoms with E-state index in [0.29, 0.717) is 5.52 Å². The number of H-pyrrole nitrogens is 1. The van der Waals surface area contributed by atoms with Crippen LogP contribution in [0, 0.1) is 6.92 Å². The van der Waals surface area contributed by atoms with Crippen LogP contribution < -0.4 is 5.56 Å². The Kier molecular flexibility index (Phi) is 1.22. The Labute approximate surface area is 69.4 Å². The summed E-state index contributed by atoms with van der Waals surface area (Å²) < 4.78 is 3.42. The summed E-state index contributed by atoms with van der Waals surface area (Å²) in [5.41, 5.74) is 2.70. The number of aryl methyl sites for hydroxylation is 2. The van der Waals surface area contributed by atoms with Crippen molar-refractivity contribution in [2.75, 3.05) is 0 Å². The smallest absolute Gasteiger partial charge is 0.290 e. The van der Waals surface area contributed by atoms with E-state index < -0.39 is 0 Å². The lowest BCUT2D eigenvalue weighted by atomic mass is 10.4. The summed E-state index contributed by atoms with van der Waals surface area (Å²) in [4.78, 5) is 14.5. The van der Waals surface area contributed by atoms with Crippen molar-refractivity contribution >= 4 is 11.0 Å². The molecule has 4 heteroatoms. The van der Waals surface area contributed by atoms with Gasteiger partial charge in [-0.25, -0.2) is 0 Å². The summed E-state index contributed by atoms with van der Waals surface area (Å²) in [6, 6.07) is 1.97. The second kappa shape index (κ2) is 2.03. The highest BCUT2D eigenvalue weighted by atomic mass is 16.1. The molecule has 0 bridgehead atoms. The number of rotatable bonds is 0. The molecule has 0 unspecified atom stereocenters. The van der Waals surface area contributed by atoms with Crippen LogP contribution in [0.25, 0.3) is 11.0 Å². The van der Waals surface area contributed by atoms with Crippen molar-refractivity contribution in [3.63, 3.8) is 0 Å². The van der Waals surface area contributed by atoms with Crippen molar-refractivity contribution in [2.45, 2.75) is 6.92 Å². The van der Waals surface area contributed by atoms with Crippen molar-refractivity contribution in [3.05, 3.63) is 22.1 Å². The lowest BCUT2D eigenvalue weighted by Gasteiger charge is -1.97. The molecule has 2 heterocycles. The van der Waals surface area contributed by atoms with Gasteiger partial charge in [-0.05, 0) is 13.0 Å². The van der Waals surface area contributed by atoms with E-state index >= 15 is 0 Å². The first-order chi connectivity index (χ1) is 5.61. The van der Waals surface area contributed by atoms with Crippen molar-refractivity contribution in [1.82, 2.24) is 14.3 Å². The van der Waals surface area contributed by atoms with Crippen molar-refractivity contribution in [1.29, 1.82) is 0 Å². The van der Waals surface area contributed by atoms with Gasteiger partial charge in [-0.2, -0.15) is 0 Å². The molecule has 0 fully saturated rings. The Morgan fingerprint density at radius 2 is 2.00 bits per heavy atom. The second-order valence-electron chi connectivity index (χ2n) is 3.06. The molecule has 0 amide bonds. The van der Waals surface area contributed by atoms with Crippen LogP contribution in [0.1, 0.15) is 5.69 Å². The highest BCUT2D eigenvalue weighted by molar-refractivity contribution is 5.75. The van der Waals surface area contributed by atoms with Gasteiger partial charge in [0.25, 0.3) is 5.56 Å². The molecule has 64 valence electrons. The van der Waals surface area contributed by atoms with Gasteiger partial charge in [0, 0.05) is 19.8 Å². The molecule has 0 spiro atoms. The average Bonchev–Trinajstić information content (AvgIpc) is 2.49. The van der Waals surface area contributed by atoms with Crippen LogP contribution >= 0.6 is 0 Å². The number of nitrogens with one attached hydrogen (secondary N) is 1. The maximum Gasteiger partial charge on any atom is 0.290 e. The number of fused-ring (bicyclic) bond motifs is 1. The maximum absolute atomic E-state index is 11.5. The van der Waals surface area contributed by atoms with Gasteiger partial charge in [0.05, 0.1) is 5.52 Å². The van der Waals surface area contributed by atoms with E-state index in [9.17, 15) is 4.79 Å². The molecule has 0 aromatic carbocycles. The number of hydrogen-bond donors (Lipinski definition) is 1. The summed E-state index contributed by atoms with van der Waals surface area (Å²) >= 11 is 0. The third-order valence-electron chi connectivity index (χ3n) is 2.24. The Balaban J connectivity index is 3.05. The highest BCUT2D eigenvalue weighted by Crippen LogP contribution is 2.09. The van der Waals surface area contributed by atoms with Gasteiger partial charge in [-0.15, -0.1) is 0 Å². The van der Waals surface area contributed by atoms with Crippen molar-refractivity contribution in [3.8, 4) is 0 Å². The van der Waals surface area contributed by atoms with E-state index in [1.165, 1.54) is 0 Å². The van der Waals surface area contributed by atoms with E-state index in [1.54, 1.807) is 11.7 Å². The van der Waals surface area contributed by atoms with Crippen LogP contribution in [0.4, 0.5) is 0 Å². The van der Waals surface area contributed by atoms with Crippen LogP contribution in [-0.2, 0) is 14.1 Å². The molecule has 0 aliphatic carbocycles. The van der Waals surface area contributed by atoms with Gasteiger partial charge >= 0.3 is 0 Å². The van der Waals surface area contributed by atoms with Crippen LogP contribution in [0.5, 0.6) is 0 Å². The molecule has 4 nitrogen and oxygen atoms in total. The molecule has 0 aliphatic heterocycles. The Hall–Kier alpha value is -1.45. The summed E-state index contributed by atoms with van der Waals surface area (Å²) in [6.07, 6.45) is 0. The molecular formula is C8H11N3O. The maximum atomic E-state index is 11.5. The molecule has 1 N–H and O–H groups in total. The van der Waals surface area contributed by atoms with Crippen LogP contribution in [0.3, 0.4) is 0 Å². The average molecular weight is 165 g/mol. The van der Waals surface area contributed by atoms with E-state index in [2.05, 4.69) is 4.98 Å². The molecule has 12 heavy (non-hydrogen) atoms. The van der Waals surface area contributed by atoms with E-state index in [-0.39, 0.29) is 5.56 Å². The lowest BCUT2D eigenvalue weighted by Crippen LogP contribution is -2.17. The summed E-state index contributed by atoms with van der Waals surface area (Å²) in [7, 11) is 3.63. The Morgan fingerprint density at radius 1 is 1.33 bits per heavy atom. The third-order valence-corrected chi connectivity index (χ3v) is 2.24. The van der Waals surface area contributed by atoms with Gasteiger partial charge in [-0.3, -0.25) is 14.2 Å². The van der Waals surface area contributed by atoms with Crippen LogP contribution in [0.2, 0.25) is 0 Å². The normalized spacial score (nSPS) is 11.2. The topological polar surface area (TPSA) is 42.7 Å². The number of aromatic nitrogens is 3.